The first-order valence-electron chi connectivity index (χ1n) is 6.48. The lowest BCUT2D eigenvalue weighted by Crippen LogP contribution is -2.49. The van der Waals surface area contributed by atoms with Crippen molar-refractivity contribution in [2.24, 2.45) is 0 Å². The minimum Gasteiger partial charge on any atom is -0.361 e. The van der Waals surface area contributed by atoms with Crippen LogP contribution in [0.5, 0.6) is 0 Å². The molecule has 0 aliphatic carbocycles. The number of aryl methyl sites for hydroxylation is 2. The van der Waals surface area contributed by atoms with Gasteiger partial charge in [0.25, 0.3) is 5.91 Å². The minimum absolute atomic E-state index is 0.0377. The summed E-state index contributed by atoms with van der Waals surface area (Å²) in [5.41, 5.74) is 1.16. The van der Waals surface area contributed by atoms with Gasteiger partial charge in [0.15, 0.2) is 0 Å². The Bertz CT molecular complexity index is 476. The predicted octanol–water partition coefficient (Wildman–Crippen LogP) is 1.03. The average molecular weight is 265 g/mol. The summed E-state index contributed by atoms with van der Waals surface area (Å²) in [7, 11) is 0. The van der Waals surface area contributed by atoms with Crippen LogP contribution in [0, 0.1) is 13.8 Å². The maximum atomic E-state index is 12.4. The monoisotopic (exact) mass is 265 g/mol. The van der Waals surface area contributed by atoms with E-state index in [1.807, 2.05) is 0 Å². The van der Waals surface area contributed by atoms with Crippen LogP contribution in [0.1, 0.15) is 41.6 Å². The Hall–Kier alpha value is -1.85. The molecule has 104 valence electrons. The Labute approximate surface area is 112 Å². The van der Waals surface area contributed by atoms with Crippen molar-refractivity contribution in [2.75, 3.05) is 13.1 Å². The largest absolute Gasteiger partial charge is 0.361 e. The molecule has 0 radical (unpaired) electrons. The second-order valence-electron chi connectivity index (χ2n) is 4.99. The van der Waals surface area contributed by atoms with Gasteiger partial charge in [-0.15, -0.1) is 0 Å². The average Bonchev–Trinajstić information content (AvgIpc) is 2.68. The molecule has 1 unspecified atom stereocenters. The minimum atomic E-state index is -0.0636. The van der Waals surface area contributed by atoms with E-state index >= 15 is 0 Å². The van der Waals surface area contributed by atoms with E-state index in [1.54, 1.807) is 18.7 Å². The summed E-state index contributed by atoms with van der Waals surface area (Å²) >= 11 is 0. The van der Waals surface area contributed by atoms with Crippen molar-refractivity contribution < 1.29 is 14.1 Å². The van der Waals surface area contributed by atoms with Gasteiger partial charge in [-0.1, -0.05) is 5.16 Å². The number of carbonyl (C=O) groups excluding carboxylic acids is 2. The summed E-state index contributed by atoms with van der Waals surface area (Å²) < 4.78 is 5.03. The highest BCUT2D eigenvalue weighted by Gasteiger charge is 2.28. The number of nitrogens with one attached hydrogen (secondary N) is 1. The molecule has 2 heterocycles. The summed E-state index contributed by atoms with van der Waals surface area (Å²) in [6.07, 6.45) is 1.80. The van der Waals surface area contributed by atoms with Gasteiger partial charge < -0.3 is 14.7 Å². The summed E-state index contributed by atoms with van der Waals surface area (Å²) in [6.45, 7) is 6.25. The topological polar surface area (TPSA) is 75.4 Å². The molecule has 2 amide bonds. The van der Waals surface area contributed by atoms with Crippen molar-refractivity contribution in [2.45, 2.75) is 39.7 Å². The fraction of sp³-hybridized carbons (Fsp3) is 0.615. The molecule has 0 spiro atoms. The van der Waals surface area contributed by atoms with Crippen molar-refractivity contribution >= 4 is 11.8 Å². The molecule has 1 atom stereocenters. The van der Waals surface area contributed by atoms with E-state index in [0.29, 0.717) is 30.1 Å². The normalized spacial score (nSPS) is 19.3. The molecule has 6 nitrogen and oxygen atoms in total. The predicted molar refractivity (Wildman–Crippen MR) is 68.7 cm³/mol. The zero-order chi connectivity index (χ0) is 14.0. The first-order chi connectivity index (χ1) is 8.99. The lowest BCUT2D eigenvalue weighted by Gasteiger charge is -2.32. The Balaban J connectivity index is 2.09. The van der Waals surface area contributed by atoms with Crippen LogP contribution in [0.2, 0.25) is 0 Å². The molecule has 19 heavy (non-hydrogen) atoms. The Morgan fingerprint density at radius 1 is 1.42 bits per heavy atom. The molecule has 2 rings (SSSR count). The second-order valence-corrected chi connectivity index (χ2v) is 4.99. The third-order valence-electron chi connectivity index (χ3n) is 3.36. The van der Waals surface area contributed by atoms with Crippen LogP contribution in [-0.2, 0) is 4.79 Å². The van der Waals surface area contributed by atoms with Crippen LogP contribution < -0.4 is 5.32 Å². The fourth-order valence-corrected chi connectivity index (χ4v) is 2.51. The molecule has 1 aromatic heterocycles. The fourth-order valence-electron chi connectivity index (χ4n) is 2.51. The number of likely N-dealkylation sites (tertiary alicyclic amines) is 1. The highest BCUT2D eigenvalue weighted by atomic mass is 16.5. The van der Waals surface area contributed by atoms with Crippen molar-refractivity contribution in [1.82, 2.24) is 15.4 Å². The van der Waals surface area contributed by atoms with Gasteiger partial charge in [0.1, 0.15) is 11.3 Å². The van der Waals surface area contributed by atoms with E-state index in [-0.39, 0.29) is 17.9 Å². The van der Waals surface area contributed by atoms with Crippen LogP contribution in [0.3, 0.4) is 0 Å². The summed E-state index contributed by atoms with van der Waals surface area (Å²) in [5.74, 6) is 0.423. The van der Waals surface area contributed by atoms with E-state index in [1.165, 1.54) is 6.92 Å². The number of piperidine rings is 1. The SMILES string of the molecule is CC(=O)NC1CCCN(C(=O)c2c(C)noc2C)C1. The molecule has 0 aromatic carbocycles. The number of rotatable bonds is 2. The van der Waals surface area contributed by atoms with Crippen molar-refractivity contribution in [3.63, 3.8) is 0 Å². The first kappa shape index (κ1) is 13.6. The van der Waals surface area contributed by atoms with Gasteiger partial charge in [-0.25, -0.2) is 0 Å². The number of amides is 2. The van der Waals surface area contributed by atoms with E-state index in [2.05, 4.69) is 10.5 Å². The van der Waals surface area contributed by atoms with Gasteiger partial charge in [0, 0.05) is 26.1 Å². The lowest BCUT2D eigenvalue weighted by atomic mass is 10.0. The van der Waals surface area contributed by atoms with E-state index < -0.39 is 0 Å². The lowest BCUT2D eigenvalue weighted by molar-refractivity contribution is -0.120. The molecule has 0 saturated carbocycles. The smallest absolute Gasteiger partial charge is 0.259 e. The van der Waals surface area contributed by atoms with Crippen LogP contribution in [0.15, 0.2) is 4.52 Å². The maximum absolute atomic E-state index is 12.4. The zero-order valence-corrected chi connectivity index (χ0v) is 11.5. The van der Waals surface area contributed by atoms with Gasteiger partial charge in [-0.3, -0.25) is 9.59 Å². The van der Waals surface area contributed by atoms with E-state index in [9.17, 15) is 9.59 Å². The van der Waals surface area contributed by atoms with Crippen LogP contribution >= 0.6 is 0 Å². The molecule has 1 aromatic rings. The number of hydrogen-bond donors (Lipinski definition) is 1. The maximum Gasteiger partial charge on any atom is 0.259 e. The Morgan fingerprint density at radius 2 is 2.16 bits per heavy atom. The number of aromatic nitrogens is 1. The highest BCUT2D eigenvalue weighted by Crippen LogP contribution is 2.18. The molecular weight excluding hydrogens is 246 g/mol. The number of hydrogen-bond acceptors (Lipinski definition) is 4. The molecule has 1 fully saturated rings. The highest BCUT2D eigenvalue weighted by molar-refractivity contribution is 5.96. The van der Waals surface area contributed by atoms with Gasteiger partial charge in [0.05, 0.1) is 5.69 Å². The molecule has 1 N–H and O–H groups in total. The third-order valence-corrected chi connectivity index (χ3v) is 3.36. The van der Waals surface area contributed by atoms with Crippen LogP contribution in [0.25, 0.3) is 0 Å². The Kier molecular flexibility index (Phi) is 3.87. The number of carbonyl (C=O) groups is 2. The van der Waals surface area contributed by atoms with E-state index in [4.69, 9.17) is 4.52 Å². The van der Waals surface area contributed by atoms with E-state index in [0.717, 1.165) is 12.8 Å². The molecule has 0 bridgehead atoms. The van der Waals surface area contributed by atoms with Gasteiger partial charge >= 0.3 is 0 Å². The molecule has 1 aliphatic heterocycles. The summed E-state index contributed by atoms with van der Waals surface area (Å²) in [6, 6.07) is 0.0377. The van der Waals surface area contributed by atoms with Crippen molar-refractivity contribution in [3.05, 3.63) is 17.0 Å². The summed E-state index contributed by atoms with van der Waals surface area (Å²) in [4.78, 5) is 25.3. The second kappa shape index (κ2) is 5.42. The molecule has 1 saturated heterocycles. The van der Waals surface area contributed by atoms with Gasteiger partial charge in [-0.05, 0) is 26.7 Å². The van der Waals surface area contributed by atoms with Gasteiger partial charge in [-0.2, -0.15) is 0 Å². The first-order valence-corrected chi connectivity index (χ1v) is 6.48. The third kappa shape index (κ3) is 2.94. The standard InChI is InChI=1S/C13H19N3O3/c1-8-12(9(2)19-15-8)13(18)16-6-4-5-11(7-16)14-10(3)17/h11H,4-7H2,1-3H3,(H,14,17). The number of nitrogens with zero attached hydrogens (tertiary/aromatic N) is 2. The molecule has 1 aliphatic rings. The van der Waals surface area contributed by atoms with Crippen molar-refractivity contribution in [3.8, 4) is 0 Å². The summed E-state index contributed by atoms with van der Waals surface area (Å²) in [5, 5.41) is 6.68. The molecular formula is C13H19N3O3. The van der Waals surface area contributed by atoms with Gasteiger partial charge in [0.2, 0.25) is 5.91 Å². The van der Waals surface area contributed by atoms with Crippen molar-refractivity contribution in [1.29, 1.82) is 0 Å². The van der Waals surface area contributed by atoms with Crippen LogP contribution in [-0.4, -0.2) is 41.0 Å². The Morgan fingerprint density at radius 3 is 2.74 bits per heavy atom. The molecule has 6 heteroatoms. The zero-order valence-electron chi connectivity index (χ0n) is 11.5. The quantitative estimate of drug-likeness (QED) is 0.866. The van der Waals surface area contributed by atoms with Crippen LogP contribution in [0.4, 0.5) is 0 Å².